The van der Waals surface area contributed by atoms with Gasteiger partial charge in [-0.05, 0) is 92.9 Å². The third-order valence-electron chi connectivity index (χ3n) is 7.88. The Morgan fingerprint density at radius 3 is 2.31 bits per heavy atom. The fourth-order valence-electron chi connectivity index (χ4n) is 5.88. The quantitative estimate of drug-likeness (QED) is 0.230. The molecule has 0 amide bonds. The molecule has 0 aromatic heterocycles. The molecule has 2 aliphatic rings. The Hall–Kier alpha value is -3.56. The van der Waals surface area contributed by atoms with Gasteiger partial charge in [-0.3, -0.25) is 0 Å². The van der Waals surface area contributed by atoms with E-state index in [0.29, 0.717) is 15.8 Å². The molecule has 2 atom stereocenters. The first-order valence-corrected chi connectivity index (χ1v) is 14.0. The molecule has 0 saturated heterocycles. The Morgan fingerprint density at radius 2 is 1.49 bits per heavy atom. The van der Waals surface area contributed by atoms with E-state index in [-0.39, 0.29) is 12.0 Å². The predicted molar refractivity (Wildman–Crippen MR) is 166 cm³/mol. The van der Waals surface area contributed by atoms with Crippen LogP contribution >= 0.6 is 23.2 Å². The first-order chi connectivity index (χ1) is 19.0. The van der Waals surface area contributed by atoms with Crippen molar-refractivity contribution in [3.05, 3.63) is 142 Å². The normalized spacial score (nSPS) is 17.9. The van der Waals surface area contributed by atoms with Crippen LogP contribution in [0.1, 0.15) is 23.1 Å². The van der Waals surface area contributed by atoms with E-state index in [4.69, 9.17) is 34.0 Å². The minimum atomic E-state index is 0.0362. The average Bonchev–Trinajstić information content (AvgIpc) is 2.96. The Kier molecular flexibility index (Phi) is 7.18. The molecule has 5 aromatic carbocycles. The minimum Gasteiger partial charge on any atom is -0.508 e. The van der Waals surface area contributed by atoms with E-state index in [9.17, 15) is 0 Å². The second-order valence-corrected chi connectivity index (χ2v) is 11.1. The van der Waals surface area contributed by atoms with Gasteiger partial charge in [-0.1, -0.05) is 108 Å². The average molecular weight is 551 g/mol. The van der Waals surface area contributed by atoms with Gasteiger partial charge in [0.15, 0.2) is 0 Å². The zero-order valence-corrected chi connectivity index (χ0v) is 23.0. The van der Waals surface area contributed by atoms with Crippen LogP contribution in [0.3, 0.4) is 0 Å². The largest absolute Gasteiger partial charge is 0.508 e. The van der Waals surface area contributed by atoms with Gasteiger partial charge in [0.05, 0.1) is 10.0 Å². The number of hydrogen-bond acceptors (Lipinski definition) is 2. The molecule has 39 heavy (non-hydrogen) atoms. The smallest absolute Gasteiger partial charge is 0.116 e. The Labute approximate surface area is 239 Å². The van der Waals surface area contributed by atoms with Crippen molar-refractivity contribution in [3.8, 4) is 5.75 Å². The van der Waals surface area contributed by atoms with Gasteiger partial charge in [0.25, 0.3) is 0 Å². The van der Waals surface area contributed by atoms with Gasteiger partial charge in [0.1, 0.15) is 5.75 Å². The van der Waals surface area contributed by atoms with E-state index in [1.54, 1.807) is 12.1 Å². The lowest BCUT2D eigenvalue weighted by Crippen LogP contribution is -2.36. The lowest BCUT2D eigenvalue weighted by molar-refractivity contribution is 0.476. The number of fused-ring (bicyclic) bond motifs is 5. The second-order valence-electron chi connectivity index (χ2n) is 10.3. The molecule has 2 aliphatic carbocycles. The number of hydrogen-bond donors (Lipinski definition) is 2. The third-order valence-corrected chi connectivity index (χ3v) is 8.62. The number of halogens is 2. The zero-order chi connectivity index (χ0) is 26.9. The van der Waals surface area contributed by atoms with Gasteiger partial charge in [-0.25, -0.2) is 0 Å². The molecule has 2 unspecified atom stereocenters. The molecular formula is C35H29Cl2NO. The molecule has 0 aliphatic heterocycles. The lowest BCUT2D eigenvalue weighted by atomic mass is 9.73. The number of rotatable bonds is 2. The fourth-order valence-corrected chi connectivity index (χ4v) is 6.20. The first kappa shape index (κ1) is 25.7. The van der Waals surface area contributed by atoms with Gasteiger partial charge in [0, 0.05) is 12.0 Å². The van der Waals surface area contributed by atoms with Crippen LogP contribution in [0.2, 0.25) is 10.0 Å². The number of allylic oxidation sites excluding steroid dienone is 2. The van der Waals surface area contributed by atoms with Crippen LogP contribution in [-0.2, 0) is 12.8 Å². The number of nitrogens with two attached hydrogens (primary N) is 1. The molecule has 0 fully saturated rings. The minimum absolute atomic E-state index is 0.0362. The Bertz CT molecular complexity index is 1750. The van der Waals surface area contributed by atoms with Crippen LogP contribution in [0.4, 0.5) is 0 Å². The molecular weight excluding hydrogens is 521 g/mol. The van der Waals surface area contributed by atoms with Crippen molar-refractivity contribution < 1.29 is 5.11 Å². The van der Waals surface area contributed by atoms with Crippen molar-refractivity contribution in [2.24, 2.45) is 11.7 Å². The van der Waals surface area contributed by atoms with Crippen molar-refractivity contribution in [1.29, 1.82) is 0 Å². The van der Waals surface area contributed by atoms with E-state index in [0.717, 1.165) is 30.0 Å². The number of phenols is 1. The zero-order valence-electron chi connectivity index (χ0n) is 21.4. The molecule has 3 N–H and O–H groups in total. The molecule has 4 heteroatoms. The van der Waals surface area contributed by atoms with E-state index < -0.39 is 0 Å². The predicted octanol–water partition coefficient (Wildman–Crippen LogP) is 9.15. The molecule has 0 spiro atoms. The van der Waals surface area contributed by atoms with E-state index in [1.807, 2.05) is 48.5 Å². The number of phenolic OH excluding ortho intramolecular Hbond substituents is 1. The summed E-state index contributed by atoms with van der Waals surface area (Å²) in [5.74, 6) is 0.599. The van der Waals surface area contributed by atoms with Gasteiger partial charge in [-0.2, -0.15) is 0 Å². The standard InChI is InChI=1S/C25H21Cl2N.C10H8O/c26-23-12-5-15(14-24(23)27)13-17-7-9-21-20-8-6-16-3-1-2-4-18(16)19(20)10-11-22(21)25(17)28;11-10-6-5-8-3-1-2-4-9(8)7-10/h1-9,12,14,17,25H,10-11,13,28H2;1-7,11H. The van der Waals surface area contributed by atoms with Crippen LogP contribution in [0.25, 0.3) is 27.1 Å². The van der Waals surface area contributed by atoms with Crippen LogP contribution in [0, 0.1) is 5.92 Å². The monoisotopic (exact) mass is 549 g/mol. The topological polar surface area (TPSA) is 46.2 Å². The summed E-state index contributed by atoms with van der Waals surface area (Å²) in [6.45, 7) is 0. The van der Waals surface area contributed by atoms with Gasteiger partial charge < -0.3 is 10.8 Å². The molecule has 0 bridgehead atoms. The maximum absolute atomic E-state index is 9.13. The molecule has 5 aromatic rings. The van der Waals surface area contributed by atoms with Crippen molar-refractivity contribution in [3.63, 3.8) is 0 Å². The summed E-state index contributed by atoms with van der Waals surface area (Å²) in [4.78, 5) is 0. The van der Waals surface area contributed by atoms with E-state index in [1.165, 1.54) is 38.6 Å². The third kappa shape index (κ3) is 5.21. The molecule has 0 radical (unpaired) electrons. The summed E-state index contributed by atoms with van der Waals surface area (Å²) in [6.07, 6.45) is 7.51. The molecule has 2 nitrogen and oxygen atoms in total. The summed E-state index contributed by atoms with van der Waals surface area (Å²) < 4.78 is 0. The second kappa shape index (κ2) is 10.9. The van der Waals surface area contributed by atoms with Crippen LogP contribution in [0.15, 0.2) is 115 Å². The van der Waals surface area contributed by atoms with Gasteiger partial charge >= 0.3 is 0 Å². The molecule has 0 heterocycles. The van der Waals surface area contributed by atoms with Crippen molar-refractivity contribution in [1.82, 2.24) is 0 Å². The SMILES string of the molecule is NC1C2=C(C=CC1Cc1ccc(Cl)c(Cl)c1)c1ccc3ccccc3c1CC2.Oc1ccc2ccccc2c1. The van der Waals surface area contributed by atoms with Crippen molar-refractivity contribution >= 4 is 50.3 Å². The summed E-state index contributed by atoms with van der Waals surface area (Å²) in [5.41, 5.74) is 13.4. The van der Waals surface area contributed by atoms with Crippen LogP contribution in [-0.4, -0.2) is 11.1 Å². The molecule has 194 valence electrons. The highest BCUT2D eigenvalue weighted by Crippen LogP contribution is 2.41. The highest BCUT2D eigenvalue weighted by Gasteiger charge is 2.29. The summed E-state index contributed by atoms with van der Waals surface area (Å²) in [6, 6.07) is 32.4. The maximum Gasteiger partial charge on any atom is 0.116 e. The van der Waals surface area contributed by atoms with E-state index in [2.05, 4.69) is 48.6 Å². The van der Waals surface area contributed by atoms with Crippen molar-refractivity contribution in [2.75, 3.05) is 0 Å². The van der Waals surface area contributed by atoms with Crippen LogP contribution < -0.4 is 5.73 Å². The number of benzene rings is 5. The molecule has 7 rings (SSSR count). The first-order valence-electron chi connectivity index (χ1n) is 13.3. The highest BCUT2D eigenvalue weighted by molar-refractivity contribution is 6.42. The highest BCUT2D eigenvalue weighted by atomic mass is 35.5. The Morgan fingerprint density at radius 1 is 0.744 bits per heavy atom. The molecule has 0 saturated carbocycles. The maximum atomic E-state index is 9.13. The van der Waals surface area contributed by atoms with E-state index >= 15 is 0 Å². The van der Waals surface area contributed by atoms with Crippen molar-refractivity contribution in [2.45, 2.75) is 25.3 Å². The summed E-state index contributed by atoms with van der Waals surface area (Å²) in [5, 5.41) is 15.2. The summed E-state index contributed by atoms with van der Waals surface area (Å²) >= 11 is 12.2. The fraction of sp³-hybridized carbons (Fsp3) is 0.143. The number of aryl methyl sites for hydroxylation is 1. The van der Waals surface area contributed by atoms with Crippen LogP contribution in [0.5, 0.6) is 5.75 Å². The summed E-state index contributed by atoms with van der Waals surface area (Å²) in [7, 11) is 0. The van der Waals surface area contributed by atoms with Gasteiger partial charge in [0.2, 0.25) is 0 Å². The van der Waals surface area contributed by atoms with Gasteiger partial charge in [-0.15, -0.1) is 0 Å². The Balaban J connectivity index is 0.000000210. The number of aromatic hydroxyl groups is 1. The lowest BCUT2D eigenvalue weighted by Gasteiger charge is -2.33.